The van der Waals surface area contributed by atoms with Crippen LogP contribution in [0.3, 0.4) is 0 Å². The van der Waals surface area contributed by atoms with Gasteiger partial charge in [-0.1, -0.05) is 0 Å². The van der Waals surface area contributed by atoms with Crippen LogP contribution in [0.2, 0.25) is 0 Å². The van der Waals surface area contributed by atoms with Crippen LogP contribution < -0.4 is 4.90 Å². The smallest absolute Gasteiger partial charge is 0.309 e. The van der Waals surface area contributed by atoms with Crippen molar-refractivity contribution in [2.24, 2.45) is 5.92 Å². The predicted molar refractivity (Wildman–Crippen MR) is 93.7 cm³/mol. The Morgan fingerprint density at radius 2 is 2.17 bits per heavy atom. The molecule has 1 aromatic heterocycles. The van der Waals surface area contributed by atoms with Gasteiger partial charge in [0.2, 0.25) is 0 Å². The van der Waals surface area contributed by atoms with E-state index in [4.69, 9.17) is 9.47 Å². The van der Waals surface area contributed by atoms with Gasteiger partial charge in [-0.2, -0.15) is 0 Å². The topological polar surface area (TPSA) is 51.7 Å². The maximum Gasteiger partial charge on any atom is 0.309 e. The number of esters is 1. The Balaban J connectivity index is 1.96. The SMILES string of the molecule is CCOC(=O)C1CCN(c2cc(CCCOC)cnc2Br)CC1. The molecule has 5 nitrogen and oxygen atoms in total. The summed E-state index contributed by atoms with van der Waals surface area (Å²) in [5, 5.41) is 0. The Kier molecular flexibility index (Phi) is 7.30. The lowest BCUT2D eigenvalue weighted by molar-refractivity contribution is -0.148. The second kappa shape index (κ2) is 9.23. The molecular formula is C17H25BrN2O3. The lowest BCUT2D eigenvalue weighted by Crippen LogP contribution is -2.37. The molecule has 0 aliphatic carbocycles. The van der Waals surface area contributed by atoms with E-state index in [0.29, 0.717) is 6.61 Å². The molecule has 0 atom stereocenters. The van der Waals surface area contributed by atoms with Crippen molar-refractivity contribution in [1.82, 2.24) is 4.98 Å². The first-order valence-electron chi connectivity index (χ1n) is 8.20. The molecule has 1 aliphatic rings. The maximum absolute atomic E-state index is 11.8. The molecule has 0 saturated carbocycles. The first-order valence-corrected chi connectivity index (χ1v) is 9.00. The van der Waals surface area contributed by atoms with Gasteiger partial charge in [0.15, 0.2) is 0 Å². The van der Waals surface area contributed by atoms with Crippen molar-refractivity contribution in [2.45, 2.75) is 32.6 Å². The van der Waals surface area contributed by atoms with Gasteiger partial charge in [-0.25, -0.2) is 4.98 Å². The molecule has 0 N–H and O–H groups in total. The summed E-state index contributed by atoms with van der Waals surface area (Å²) in [7, 11) is 1.72. The van der Waals surface area contributed by atoms with E-state index in [1.54, 1.807) is 7.11 Å². The van der Waals surface area contributed by atoms with Gasteiger partial charge in [-0.05, 0) is 60.2 Å². The fourth-order valence-corrected chi connectivity index (χ4v) is 3.34. The molecule has 2 heterocycles. The lowest BCUT2D eigenvalue weighted by atomic mass is 9.96. The zero-order chi connectivity index (χ0) is 16.7. The molecule has 23 heavy (non-hydrogen) atoms. The number of halogens is 1. The number of aryl methyl sites for hydroxylation is 1. The van der Waals surface area contributed by atoms with E-state index in [1.807, 2.05) is 13.1 Å². The second-order valence-electron chi connectivity index (χ2n) is 5.76. The molecule has 0 bridgehead atoms. The minimum absolute atomic E-state index is 0.0304. The van der Waals surface area contributed by atoms with Crippen LogP contribution in [0, 0.1) is 5.92 Å². The molecule has 6 heteroatoms. The first kappa shape index (κ1) is 18.2. The normalized spacial score (nSPS) is 15.7. The molecule has 1 fully saturated rings. The van der Waals surface area contributed by atoms with E-state index < -0.39 is 0 Å². The van der Waals surface area contributed by atoms with Crippen molar-refractivity contribution in [2.75, 3.05) is 38.3 Å². The third-order valence-electron chi connectivity index (χ3n) is 4.15. The highest BCUT2D eigenvalue weighted by molar-refractivity contribution is 9.10. The number of hydrogen-bond acceptors (Lipinski definition) is 5. The number of pyridine rings is 1. The Bertz CT molecular complexity index is 517. The summed E-state index contributed by atoms with van der Waals surface area (Å²) < 4.78 is 11.1. The maximum atomic E-state index is 11.8. The van der Waals surface area contributed by atoms with Crippen molar-refractivity contribution in [3.63, 3.8) is 0 Å². The van der Waals surface area contributed by atoms with Crippen molar-refractivity contribution in [3.8, 4) is 0 Å². The van der Waals surface area contributed by atoms with Crippen LogP contribution in [0.4, 0.5) is 5.69 Å². The van der Waals surface area contributed by atoms with Gasteiger partial charge in [-0.15, -0.1) is 0 Å². The minimum atomic E-state index is -0.0577. The summed E-state index contributed by atoms with van der Waals surface area (Å²) in [4.78, 5) is 18.6. The number of methoxy groups -OCH3 is 1. The second-order valence-corrected chi connectivity index (χ2v) is 6.51. The molecule has 1 aromatic rings. The van der Waals surface area contributed by atoms with E-state index >= 15 is 0 Å². The average Bonchev–Trinajstić information content (AvgIpc) is 2.57. The number of hydrogen-bond donors (Lipinski definition) is 0. The predicted octanol–water partition coefficient (Wildman–Crippen LogP) is 3.20. The molecule has 0 aromatic carbocycles. The number of ether oxygens (including phenoxy) is 2. The van der Waals surface area contributed by atoms with Crippen LogP contribution in [-0.4, -0.2) is 44.4 Å². The van der Waals surface area contributed by atoms with Crippen LogP contribution in [0.15, 0.2) is 16.9 Å². The molecule has 0 unspecified atom stereocenters. The van der Waals surface area contributed by atoms with Crippen LogP contribution in [0.1, 0.15) is 31.7 Å². The standard InChI is InChI=1S/C17H25BrN2O3/c1-3-23-17(21)14-6-8-20(9-7-14)15-11-13(5-4-10-22-2)12-19-16(15)18/h11-12,14H,3-10H2,1-2H3. The largest absolute Gasteiger partial charge is 0.466 e. The Morgan fingerprint density at radius 1 is 1.43 bits per heavy atom. The summed E-state index contributed by atoms with van der Waals surface area (Å²) in [6.45, 7) is 4.77. The van der Waals surface area contributed by atoms with Gasteiger partial charge in [0.1, 0.15) is 4.60 Å². The zero-order valence-electron chi connectivity index (χ0n) is 13.9. The van der Waals surface area contributed by atoms with Crippen molar-refractivity contribution in [3.05, 3.63) is 22.4 Å². The van der Waals surface area contributed by atoms with Crippen molar-refractivity contribution in [1.29, 1.82) is 0 Å². The number of nitrogens with zero attached hydrogens (tertiary/aromatic N) is 2. The Labute approximate surface area is 146 Å². The van der Waals surface area contributed by atoms with E-state index in [2.05, 4.69) is 31.9 Å². The lowest BCUT2D eigenvalue weighted by Gasteiger charge is -2.33. The molecule has 128 valence electrons. The molecule has 1 aliphatic heterocycles. The average molecular weight is 385 g/mol. The van der Waals surface area contributed by atoms with Crippen LogP contribution in [-0.2, 0) is 20.7 Å². The third-order valence-corrected chi connectivity index (χ3v) is 4.76. The fraction of sp³-hybridized carbons (Fsp3) is 0.647. The molecule has 0 spiro atoms. The number of aromatic nitrogens is 1. The number of anilines is 1. The van der Waals surface area contributed by atoms with E-state index in [1.165, 1.54) is 5.56 Å². The summed E-state index contributed by atoms with van der Waals surface area (Å²) in [5.74, 6) is -0.0273. The first-order chi connectivity index (χ1) is 11.2. The number of carbonyl (C=O) groups is 1. The van der Waals surface area contributed by atoms with Gasteiger partial charge >= 0.3 is 5.97 Å². The Hall–Kier alpha value is -1.14. The van der Waals surface area contributed by atoms with Crippen LogP contribution in [0.25, 0.3) is 0 Å². The summed E-state index contributed by atoms with van der Waals surface area (Å²) in [6, 6.07) is 2.19. The zero-order valence-corrected chi connectivity index (χ0v) is 15.5. The molecular weight excluding hydrogens is 360 g/mol. The number of rotatable bonds is 7. The number of carbonyl (C=O) groups excluding carboxylic acids is 1. The quantitative estimate of drug-likeness (QED) is 0.410. The van der Waals surface area contributed by atoms with E-state index in [0.717, 1.165) is 55.7 Å². The monoisotopic (exact) mass is 384 g/mol. The summed E-state index contributed by atoms with van der Waals surface area (Å²) in [5.41, 5.74) is 2.33. The molecule has 2 rings (SSSR count). The molecule has 0 amide bonds. The summed E-state index contributed by atoms with van der Waals surface area (Å²) >= 11 is 3.55. The minimum Gasteiger partial charge on any atom is -0.466 e. The van der Waals surface area contributed by atoms with Gasteiger partial charge in [0.05, 0.1) is 18.2 Å². The van der Waals surface area contributed by atoms with Crippen molar-refractivity contribution >= 4 is 27.6 Å². The fourth-order valence-electron chi connectivity index (χ4n) is 2.87. The Morgan fingerprint density at radius 3 is 2.83 bits per heavy atom. The highest BCUT2D eigenvalue weighted by atomic mass is 79.9. The highest BCUT2D eigenvalue weighted by Crippen LogP contribution is 2.30. The van der Waals surface area contributed by atoms with Crippen LogP contribution in [0.5, 0.6) is 0 Å². The highest BCUT2D eigenvalue weighted by Gasteiger charge is 2.27. The van der Waals surface area contributed by atoms with E-state index in [-0.39, 0.29) is 11.9 Å². The number of piperidine rings is 1. The van der Waals surface area contributed by atoms with Gasteiger partial charge in [0, 0.05) is 33.0 Å². The van der Waals surface area contributed by atoms with Crippen molar-refractivity contribution < 1.29 is 14.3 Å². The molecule has 0 radical (unpaired) electrons. The third kappa shape index (κ3) is 5.18. The molecule has 1 saturated heterocycles. The van der Waals surface area contributed by atoms with Gasteiger partial charge < -0.3 is 14.4 Å². The van der Waals surface area contributed by atoms with Gasteiger partial charge in [0.25, 0.3) is 0 Å². The van der Waals surface area contributed by atoms with Gasteiger partial charge in [-0.3, -0.25) is 4.79 Å². The van der Waals surface area contributed by atoms with E-state index in [9.17, 15) is 4.79 Å². The van der Waals surface area contributed by atoms with Crippen LogP contribution >= 0.6 is 15.9 Å². The summed E-state index contributed by atoms with van der Waals surface area (Å²) in [6.07, 6.45) is 5.53.